The van der Waals surface area contributed by atoms with Crippen molar-refractivity contribution in [3.8, 4) is 0 Å². The molecule has 0 saturated heterocycles. The number of hydrogen-bond acceptors (Lipinski definition) is 3. The molecule has 0 aliphatic carbocycles. The molecule has 0 radical (unpaired) electrons. The topological polar surface area (TPSA) is 49.3 Å². The molecule has 0 bridgehead atoms. The van der Waals surface area contributed by atoms with E-state index in [2.05, 4.69) is 25.2 Å². The third kappa shape index (κ3) is 5.74. The van der Waals surface area contributed by atoms with E-state index < -0.39 is 6.10 Å². The van der Waals surface area contributed by atoms with Gasteiger partial charge >= 0.3 is 0 Å². The Labute approximate surface area is 120 Å². The molecule has 4 heteroatoms. The van der Waals surface area contributed by atoms with Crippen LogP contribution in [0.3, 0.4) is 0 Å². The normalized spacial score (nSPS) is 12.7. The molecular weight excluding hydrogens is 258 g/mol. The summed E-state index contributed by atoms with van der Waals surface area (Å²) in [4.78, 5) is 14.3. The van der Waals surface area contributed by atoms with Crippen molar-refractivity contribution in [3.63, 3.8) is 0 Å². The molecule has 0 aliphatic rings. The molecule has 1 aromatic heterocycles. The summed E-state index contributed by atoms with van der Waals surface area (Å²) >= 11 is 1.81. The Morgan fingerprint density at radius 3 is 2.63 bits per heavy atom. The average molecular weight is 283 g/mol. The van der Waals surface area contributed by atoms with Crippen LogP contribution in [0.25, 0.3) is 0 Å². The number of rotatable bonds is 7. The highest BCUT2D eigenvalue weighted by atomic mass is 32.1. The summed E-state index contributed by atoms with van der Waals surface area (Å²) in [5, 5.41) is 12.4. The number of aliphatic hydroxyl groups is 1. The van der Waals surface area contributed by atoms with Gasteiger partial charge in [-0.05, 0) is 44.2 Å². The van der Waals surface area contributed by atoms with Gasteiger partial charge in [0, 0.05) is 22.7 Å². The van der Waals surface area contributed by atoms with Gasteiger partial charge in [-0.25, -0.2) is 0 Å². The highest BCUT2D eigenvalue weighted by Gasteiger charge is 2.11. The smallest absolute Gasteiger partial charge is 0.220 e. The summed E-state index contributed by atoms with van der Waals surface area (Å²) in [5.41, 5.74) is 1.36. The van der Waals surface area contributed by atoms with Gasteiger partial charge in [-0.15, -0.1) is 11.3 Å². The van der Waals surface area contributed by atoms with Crippen LogP contribution in [0.4, 0.5) is 0 Å². The lowest BCUT2D eigenvalue weighted by Gasteiger charge is -2.14. The van der Waals surface area contributed by atoms with Crippen molar-refractivity contribution in [1.82, 2.24) is 5.32 Å². The molecule has 1 heterocycles. The lowest BCUT2D eigenvalue weighted by molar-refractivity contribution is -0.121. The summed E-state index contributed by atoms with van der Waals surface area (Å²) in [7, 11) is 0. The Hall–Kier alpha value is -0.870. The van der Waals surface area contributed by atoms with E-state index in [9.17, 15) is 9.90 Å². The maximum atomic E-state index is 11.6. The minimum Gasteiger partial charge on any atom is -0.391 e. The molecule has 19 heavy (non-hydrogen) atoms. The third-order valence-corrected chi connectivity index (χ3v) is 4.28. The molecule has 1 unspecified atom stereocenters. The summed E-state index contributed by atoms with van der Waals surface area (Å²) in [5.74, 6) is 0.209. The van der Waals surface area contributed by atoms with E-state index in [0.29, 0.717) is 13.0 Å². The van der Waals surface area contributed by atoms with Crippen LogP contribution in [0.2, 0.25) is 0 Å². The van der Waals surface area contributed by atoms with Crippen LogP contribution in [0, 0.1) is 19.8 Å². The van der Waals surface area contributed by atoms with E-state index in [1.54, 1.807) is 0 Å². The van der Waals surface area contributed by atoms with Gasteiger partial charge in [-0.3, -0.25) is 4.79 Å². The second kappa shape index (κ2) is 7.65. The first-order valence-electron chi connectivity index (χ1n) is 6.90. The van der Waals surface area contributed by atoms with Gasteiger partial charge < -0.3 is 10.4 Å². The highest BCUT2D eigenvalue weighted by Crippen LogP contribution is 2.22. The summed E-state index contributed by atoms with van der Waals surface area (Å²) in [6, 6.07) is 2.21. The Morgan fingerprint density at radius 1 is 1.42 bits per heavy atom. The van der Waals surface area contributed by atoms with Gasteiger partial charge in [-0.2, -0.15) is 0 Å². The predicted octanol–water partition coefficient (Wildman–Crippen LogP) is 2.82. The van der Waals surface area contributed by atoms with Crippen molar-refractivity contribution in [1.29, 1.82) is 0 Å². The zero-order valence-corrected chi connectivity index (χ0v) is 13.1. The van der Waals surface area contributed by atoms with Crippen LogP contribution < -0.4 is 5.32 Å². The molecule has 1 rings (SSSR count). The molecule has 0 fully saturated rings. The van der Waals surface area contributed by atoms with Crippen LogP contribution in [0.15, 0.2) is 6.07 Å². The van der Waals surface area contributed by atoms with Crippen LogP contribution in [0.1, 0.15) is 42.0 Å². The molecule has 0 spiro atoms. The van der Waals surface area contributed by atoms with Crippen LogP contribution in [0.5, 0.6) is 0 Å². The van der Waals surface area contributed by atoms with E-state index >= 15 is 0 Å². The third-order valence-electron chi connectivity index (χ3n) is 3.27. The van der Waals surface area contributed by atoms with Gasteiger partial charge in [0.2, 0.25) is 5.91 Å². The number of nitrogens with one attached hydrogen (secondary N) is 1. The van der Waals surface area contributed by atoms with Crippen molar-refractivity contribution in [2.24, 2.45) is 5.92 Å². The van der Waals surface area contributed by atoms with E-state index in [1.165, 1.54) is 15.3 Å². The summed E-state index contributed by atoms with van der Waals surface area (Å²) < 4.78 is 0. The number of aryl methyl sites for hydroxylation is 3. The van der Waals surface area contributed by atoms with Crippen LogP contribution >= 0.6 is 11.3 Å². The van der Waals surface area contributed by atoms with Crippen molar-refractivity contribution >= 4 is 17.2 Å². The Balaban J connectivity index is 2.22. The lowest BCUT2D eigenvalue weighted by atomic mass is 10.1. The maximum absolute atomic E-state index is 11.6. The van der Waals surface area contributed by atoms with Gasteiger partial charge in [0.05, 0.1) is 6.10 Å². The first kappa shape index (κ1) is 16.2. The minimum absolute atomic E-state index is 0.0318. The van der Waals surface area contributed by atoms with Crippen LogP contribution in [-0.4, -0.2) is 23.7 Å². The quantitative estimate of drug-likeness (QED) is 0.808. The summed E-state index contributed by atoms with van der Waals surface area (Å²) in [6.07, 6.45) is 1.89. The van der Waals surface area contributed by atoms with Crippen molar-refractivity contribution in [3.05, 3.63) is 21.4 Å². The molecular formula is C15H25NO2S. The second-order valence-corrected chi connectivity index (χ2v) is 6.87. The molecule has 1 amide bonds. The second-order valence-electron chi connectivity index (χ2n) is 5.41. The zero-order valence-electron chi connectivity index (χ0n) is 12.3. The molecule has 3 nitrogen and oxygen atoms in total. The highest BCUT2D eigenvalue weighted by molar-refractivity contribution is 7.12. The average Bonchev–Trinajstić information content (AvgIpc) is 2.64. The van der Waals surface area contributed by atoms with Gasteiger partial charge in [-0.1, -0.05) is 13.8 Å². The van der Waals surface area contributed by atoms with Gasteiger partial charge in [0.25, 0.3) is 0 Å². The molecule has 0 aromatic carbocycles. The fraction of sp³-hybridized carbons (Fsp3) is 0.667. The fourth-order valence-corrected chi connectivity index (χ4v) is 2.89. The van der Waals surface area contributed by atoms with Gasteiger partial charge in [0.15, 0.2) is 0 Å². The summed E-state index contributed by atoms with van der Waals surface area (Å²) in [6.45, 7) is 8.48. The molecule has 0 saturated carbocycles. The molecule has 1 atom stereocenters. The molecule has 108 valence electrons. The molecule has 0 aliphatic heterocycles. The standard InChI is InChI=1S/C15H25NO2S/c1-10(2)14(17)9-16-15(18)7-5-6-13-8-11(3)19-12(13)4/h8,10,14,17H,5-7,9H2,1-4H3,(H,16,18). The number of amides is 1. The zero-order chi connectivity index (χ0) is 14.4. The lowest BCUT2D eigenvalue weighted by Crippen LogP contribution is -2.34. The predicted molar refractivity (Wildman–Crippen MR) is 80.6 cm³/mol. The molecule has 2 N–H and O–H groups in total. The first-order chi connectivity index (χ1) is 8.90. The number of thiophene rings is 1. The molecule has 1 aromatic rings. The number of carbonyl (C=O) groups excluding carboxylic acids is 1. The van der Waals surface area contributed by atoms with Crippen molar-refractivity contribution in [2.45, 2.75) is 53.1 Å². The Kier molecular flexibility index (Phi) is 6.52. The fourth-order valence-electron chi connectivity index (χ4n) is 1.91. The van der Waals surface area contributed by atoms with E-state index in [-0.39, 0.29) is 11.8 Å². The Morgan fingerprint density at radius 2 is 2.11 bits per heavy atom. The monoisotopic (exact) mass is 283 g/mol. The maximum Gasteiger partial charge on any atom is 0.220 e. The van der Waals surface area contributed by atoms with Gasteiger partial charge in [0.1, 0.15) is 0 Å². The first-order valence-corrected chi connectivity index (χ1v) is 7.72. The van der Waals surface area contributed by atoms with Crippen LogP contribution in [-0.2, 0) is 11.2 Å². The SMILES string of the molecule is Cc1cc(CCCC(=O)NCC(O)C(C)C)c(C)s1. The van der Waals surface area contributed by atoms with E-state index in [1.807, 2.05) is 25.2 Å². The largest absolute Gasteiger partial charge is 0.391 e. The van der Waals surface area contributed by atoms with Crippen molar-refractivity contribution < 1.29 is 9.90 Å². The number of aliphatic hydroxyl groups excluding tert-OH is 1. The number of hydrogen-bond donors (Lipinski definition) is 2. The van der Waals surface area contributed by atoms with E-state index in [0.717, 1.165) is 12.8 Å². The van der Waals surface area contributed by atoms with E-state index in [4.69, 9.17) is 0 Å². The minimum atomic E-state index is -0.453. The van der Waals surface area contributed by atoms with Crippen molar-refractivity contribution in [2.75, 3.05) is 6.54 Å². The number of carbonyl (C=O) groups is 1. The Bertz CT molecular complexity index is 412.